The summed E-state index contributed by atoms with van der Waals surface area (Å²) in [5, 5.41) is 45.6. The maximum atomic E-state index is 12.9. The summed E-state index contributed by atoms with van der Waals surface area (Å²) in [7, 11) is 0. The molecule has 0 radical (unpaired) electrons. The quantitative estimate of drug-likeness (QED) is 0.305. The number of carbonyl (C=O) groups is 2. The van der Waals surface area contributed by atoms with Crippen LogP contribution in [0.15, 0.2) is 23.8 Å². The van der Waals surface area contributed by atoms with Gasteiger partial charge in [-0.2, -0.15) is 0 Å². The molecule has 1 saturated heterocycles. The van der Waals surface area contributed by atoms with Gasteiger partial charge in [0.15, 0.2) is 5.78 Å². The lowest BCUT2D eigenvalue weighted by atomic mass is 9.37. The lowest BCUT2D eigenvalue weighted by molar-refractivity contribution is -0.284. The van der Waals surface area contributed by atoms with Crippen LogP contribution in [0.4, 0.5) is 0 Å². The number of ether oxygens (including phenoxy) is 2. The van der Waals surface area contributed by atoms with E-state index in [0.717, 1.165) is 5.57 Å². The minimum absolute atomic E-state index is 0.0535. The second-order valence-electron chi connectivity index (χ2n) is 15.2. The molecule has 224 valence electrons. The molecule has 2 saturated carbocycles. The fourth-order valence-electron chi connectivity index (χ4n) is 10.2. The largest absolute Gasteiger partial charge is 0.436 e. The van der Waals surface area contributed by atoms with Crippen molar-refractivity contribution in [2.24, 2.45) is 45.3 Å². The molecule has 0 aromatic heterocycles. The van der Waals surface area contributed by atoms with E-state index in [1.807, 2.05) is 19.9 Å². The van der Waals surface area contributed by atoms with Gasteiger partial charge in [0.25, 0.3) is 0 Å². The van der Waals surface area contributed by atoms with Gasteiger partial charge in [-0.1, -0.05) is 52.3 Å². The van der Waals surface area contributed by atoms with E-state index in [1.165, 1.54) is 6.92 Å². The van der Waals surface area contributed by atoms with Gasteiger partial charge in [-0.05, 0) is 68.3 Å². The molecule has 1 heterocycles. The first-order valence-corrected chi connectivity index (χ1v) is 14.8. The van der Waals surface area contributed by atoms with Crippen LogP contribution in [0, 0.1) is 45.3 Å². The summed E-state index contributed by atoms with van der Waals surface area (Å²) in [5.74, 6) is -1.37. The Balaban J connectivity index is 1.53. The Kier molecular flexibility index (Phi) is 6.88. The second-order valence-corrected chi connectivity index (χ2v) is 15.2. The van der Waals surface area contributed by atoms with Crippen LogP contribution in [-0.2, 0) is 19.1 Å². The van der Waals surface area contributed by atoms with Gasteiger partial charge < -0.3 is 29.9 Å². The number of hydrogen-bond donors (Lipinski definition) is 4. The van der Waals surface area contributed by atoms with Crippen LogP contribution in [0.2, 0.25) is 0 Å². The van der Waals surface area contributed by atoms with Crippen LogP contribution in [0.3, 0.4) is 0 Å². The monoisotopic (exact) mass is 560 g/mol. The fraction of sp³-hybridized carbons (Fsp3) is 0.812. The molecule has 5 rings (SSSR count). The minimum Gasteiger partial charge on any atom is -0.436 e. The number of carbonyl (C=O) groups excluding carboxylic acids is 2. The summed E-state index contributed by atoms with van der Waals surface area (Å²) in [6.07, 6.45) is 3.27. The molecular formula is C32H48O8. The zero-order chi connectivity index (χ0) is 29.8. The SMILES string of the molecule is CC(=O)O[C@H]1O[C@H](C(C)(C)O)[C@H](O)C[C@H]1[C@@H]1CC=C2[C@]3(C)[C@H](O)C[C@H]4C(C)(C)C(=O)C=C[C@]4(C)[C@H]3[C@H](O)C[C@]21C. The molecular weight excluding hydrogens is 512 g/mol. The number of aliphatic hydroxyl groups is 4. The highest BCUT2D eigenvalue weighted by molar-refractivity contribution is 5.95. The standard InChI is InChI=1S/C32H48O8/c1-16(33)39-27-17(13-19(34)26(40-27)29(4,5)38)18-9-10-21-31(18,7)15-20(35)25-30(6)12-11-23(36)28(2,3)22(30)14-24(37)32(21,25)8/h10-12,17-20,22,24-27,34-35,37-38H,9,13-15H2,1-8H3/t17-,18-,19+,20+,22-,24+,25+,26-,27-,30-,31-,32+/m0/s1. The highest BCUT2D eigenvalue weighted by Gasteiger charge is 2.70. The van der Waals surface area contributed by atoms with Gasteiger partial charge in [0, 0.05) is 29.6 Å². The van der Waals surface area contributed by atoms with Crippen molar-refractivity contribution in [3.8, 4) is 0 Å². The average Bonchev–Trinajstić information content (AvgIpc) is 3.15. The highest BCUT2D eigenvalue weighted by atomic mass is 16.7. The third-order valence-corrected chi connectivity index (χ3v) is 11.9. The summed E-state index contributed by atoms with van der Waals surface area (Å²) in [5.41, 5.74) is -2.68. The topological polar surface area (TPSA) is 134 Å². The molecule has 0 amide bonds. The third kappa shape index (κ3) is 4.03. The van der Waals surface area contributed by atoms with Crippen LogP contribution in [-0.4, -0.2) is 68.5 Å². The van der Waals surface area contributed by atoms with Gasteiger partial charge in [-0.15, -0.1) is 0 Å². The first-order chi connectivity index (χ1) is 18.3. The van der Waals surface area contributed by atoms with Crippen LogP contribution >= 0.6 is 0 Å². The molecule has 0 bridgehead atoms. The summed E-state index contributed by atoms with van der Waals surface area (Å²) in [6, 6.07) is 0. The average molecular weight is 561 g/mol. The van der Waals surface area contributed by atoms with Crippen molar-refractivity contribution in [1.29, 1.82) is 0 Å². The zero-order valence-corrected chi connectivity index (χ0v) is 25.2. The van der Waals surface area contributed by atoms with E-state index in [2.05, 4.69) is 26.8 Å². The molecule has 40 heavy (non-hydrogen) atoms. The Hall–Kier alpha value is -1.58. The molecule has 0 spiro atoms. The van der Waals surface area contributed by atoms with Gasteiger partial charge in [0.2, 0.25) is 6.29 Å². The van der Waals surface area contributed by atoms with Crippen molar-refractivity contribution in [2.75, 3.05) is 0 Å². The van der Waals surface area contributed by atoms with E-state index in [0.29, 0.717) is 19.3 Å². The number of fused-ring (bicyclic) bond motifs is 5. The zero-order valence-electron chi connectivity index (χ0n) is 25.2. The predicted octanol–water partition coefficient (Wildman–Crippen LogP) is 3.30. The maximum absolute atomic E-state index is 12.9. The van der Waals surface area contributed by atoms with Crippen LogP contribution < -0.4 is 0 Å². The van der Waals surface area contributed by atoms with Crippen LogP contribution in [0.25, 0.3) is 0 Å². The molecule has 3 fully saturated rings. The Labute approximate surface area is 237 Å². The molecule has 0 unspecified atom stereocenters. The lowest BCUT2D eigenvalue weighted by Crippen LogP contribution is -2.67. The molecule has 0 aromatic rings. The first-order valence-electron chi connectivity index (χ1n) is 14.8. The molecule has 5 aliphatic rings. The summed E-state index contributed by atoms with van der Waals surface area (Å²) in [6.45, 7) is 14.7. The van der Waals surface area contributed by atoms with Crippen LogP contribution in [0.5, 0.6) is 0 Å². The molecule has 4 N–H and O–H groups in total. The predicted molar refractivity (Wildman–Crippen MR) is 148 cm³/mol. The fourth-order valence-corrected chi connectivity index (χ4v) is 10.2. The lowest BCUT2D eigenvalue weighted by Gasteiger charge is -2.67. The number of hydrogen-bond acceptors (Lipinski definition) is 8. The molecule has 0 aromatic carbocycles. The van der Waals surface area contributed by atoms with E-state index < -0.39 is 63.9 Å². The molecule has 1 aliphatic heterocycles. The van der Waals surface area contributed by atoms with Gasteiger partial charge in [0.1, 0.15) is 6.10 Å². The van der Waals surface area contributed by atoms with Gasteiger partial charge in [-0.3, -0.25) is 9.59 Å². The molecule has 4 aliphatic carbocycles. The molecule has 8 heteroatoms. The van der Waals surface area contributed by atoms with Crippen molar-refractivity contribution in [3.05, 3.63) is 23.8 Å². The van der Waals surface area contributed by atoms with Gasteiger partial charge in [-0.25, -0.2) is 0 Å². The van der Waals surface area contributed by atoms with E-state index in [-0.39, 0.29) is 35.9 Å². The Morgan fingerprint density at radius 1 is 1.07 bits per heavy atom. The smallest absolute Gasteiger partial charge is 0.304 e. The van der Waals surface area contributed by atoms with Crippen LogP contribution in [0.1, 0.15) is 81.1 Å². The number of rotatable bonds is 3. The van der Waals surface area contributed by atoms with Gasteiger partial charge >= 0.3 is 5.97 Å². The van der Waals surface area contributed by atoms with Crippen molar-refractivity contribution in [1.82, 2.24) is 0 Å². The van der Waals surface area contributed by atoms with E-state index in [9.17, 15) is 30.0 Å². The normalized spacial score (nSPS) is 50.0. The van der Waals surface area contributed by atoms with E-state index >= 15 is 0 Å². The highest BCUT2D eigenvalue weighted by Crippen LogP contribution is 2.72. The Morgan fingerprint density at radius 2 is 1.73 bits per heavy atom. The molecule has 8 nitrogen and oxygen atoms in total. The number of allylic oxidation sites excluding steroid dienone is 3. The van der Waals surface area contributed by atoms with Crippen molar-refractivity contribution < 1.29 is 39.5 Å². The summed E-state index contributed by atoms with van der Waals surface area (Å²) < 4.78 is 11.8. The summed E-state index contributed by atoms with van der Waals surface area (Å²) >= 11 is 0. The second kappa shape index (κ2) is 9.21. The van der Waals surface area contributed by atoms with Crippen molar-refractivity contribution in [3.63, 3.8) is 0 Å². The Bertz CT molecular complexity index is 1130. The van der Waals surface area contributed by atoms with E-state index in [1.54, 1.807) is 19.9 Å². The third-order valence-electron chi connectivity index (χ3n) is 11.9. The maximum Gasteiger partial charge on any atom is 0.304 e. The molecule has 12 atom stereocenters. The van der Waals surface area contributed by atoms with Crippen molar-refractivity contribution in [2.45, 2.75) is 117 Å². The number of esters is 1. The number of aliphatic hydroxyl groups excluding tert-OH is 3. The van der Waals surface area contributed by atoms with Crippen molar-refractivity contribution >= 4 is 11.8 Å². The number of ketones is 1. The Morgan fingerprint density at radius 3 is 2.33 bits per heavy atom. The first kappa shape index (κ1) is 29.9. The van der Waals surface area contributed by atoms with Gasteiger partial charge in [0.05, 0.1) is 23.9 Å². The minimum atomic E-state index is -1.34. The summed E-state index contributed by atoms with van der Waals surface area (Å²) in [4.78, 5) is 25.0. The van der Waals surface area contributed by atoms with E-state index in [4.69, 9.17) is 9.47 Å².